The SMILES string of the molecule is CC[C@H]1OC(O)C2OC(=O)C[C@@H]21.[Ac]. The number of ether oxygens (including phenoxy) is 2. The predicted octanol–water partition coefficient (Wildman–Crippen LogP) is 0.0453. The van der Waals surface area contributed by atoms with Gasteiger partial charge in [-0.3, -0.25) is 4.79 Å². The third-order valence-electron chi connectivity index (χ3n) is 2.57. The summed E-state index contributed by atoms with van der Waals surface area (Å²) in [5.41, 5.74) is 0. The Kier molecular flexibility index (Phi) is 4.18. The first-order valence-corrected chi connectivity index (χ1v) is 4.25. The minimum absolute atomic E-state index is 0. The van der Waals surface area contributed by atoms with Gasteiger partial charge in [-0.2, -0.15) is 0 Å². The van der Waals surface area contributed by atoms with Crippen molar-refractivity contribution in [1.82, 2.24) is 0 Å². The summed E-state index contributed by atoms with van der Waals surface area (Å²) >= 11 is 0. The summed E-state index contributed by atoms with van der Waals surface area (Å²) in [6, 6.07) is 0. The molecule has 2 heterocycles. The van der Waals surface area contributed by atoms with Crippen molar-refractivity contribution in [3.8, 4) is 0 Å². The van der Waals surface area contributed by atoms with Crippen LogP contribution in [0.15, 0.2) is 0 Å². The van der Waals surface area contributed by atoms with E-state index in [1.807, 2.05) is 6.92 Å². The first kappa shape index (κ1) is 11.9. The van der Waals surface area contributed by atoms with Gasteiger partial charge < -0.3 is 14.6 Å². The monoisotopic (exact) mass is 399 g/mol. The number of hydrogen-bond acceptors (Lipinski definition) is 4. The minimum atomic E-state index is -0.911. The second-order valence-corrected chi connectivity index (χ2v) is 3.30. The maximum Gasteiger partial charge on any atom is 0.306 e. The molecule has 4 atom stereocenters. The van der Waals surface area contributed by atoms with Crippen LogP contribution in [-0.2, 0) is 14.3 Å². The third kappa shape index (κ3) is 2.09. The number of carbonyl (C=O) groups is 1. The molecule has 0 aliphatic carbocycles. The van der Waals surface area contributed by atoms with Crippen molar-refractivity contribution in [2.45, 2.75) is 38.3 Å². The van der Waals surface area contributed by atoms with E-state index in [0.29, 0.717) is 6.42 Å². The molecule has 2 aliphatic rings. The van der Waals surface area contributed by atoms with E-state index in [9.17, 15) is 9.90 Å². The Morgan fingerprint density at radius 3 is 2.92 bits per heavy atom. The summed E-state index contributed by atoms with van der Waals surface area (Å²) < 4.78 is 10.1. The van der Waals surface area contributed by atoms with Crippen LogP contribution in [0, 0.1) is 50.0 Å². The average Bonchev–Trinajstić information content (AvgIpc) is 2.52. The molecule has 2 rings (SSSR count). The number of fused-ring (bicyclic) bond motifs is 1. The van der Waals surface area contributed by atoms with Crippen LogP contribution in [0.5, 0.6) is 0 Å². The van der Waals surface area contributed by atoms with Crippen molar-refractivity contribution < 1.29 is 63.4 Å². The van der Waals surface area contributed by atoms with E-state index in [-0.39, 0.29) is 62.1 Å². The molecule has 5 heteroatoms. The van der Waals surface area contributed by atoms with Crippen molar-refractivity contribution >= 4 is 5.97 Å². The van der Waals surface area contributed by atoms with E-state index in [4.69, 9.17) is 9.47 Å². The van der Waals surface area contributed by atoms with Gasteiger partial charge in [0.15, 0.2) is 12.4 Å². The van der Waals surface area contributed by atoms with Crippen molar-refractivity contribution in [1.29, 1.82) is 0 Å². The first-order chi connectivity index (χ1) is 5.72. The van der Waals surface area contributed by atoms with Gasteiger partial charge in [0.1, 0.15) is 0 Å². The van der Waals surface area contributed by atoms with Crippen LogP contribution < -0.4 is 0 Å². The Bertz CT molecular complexity index is 208. The fourth-order valence-corrected chi connectivity index (χ4v) is 1.96. The molecule has 2 aliphatic heterocycles. The molecular weight excluding hydrogens is 387 g/mol. The quantitative estimate of drug-likeness (QED) is 0.634. The molecule has 13 heavy (non-hydrogen) atoms. The van der Waals surface area contributed by atoms with Crippen molar-refractivity contribution in [2.24, 2.45) is 5.92 Å². The number of esters is 1. The van der Waals surface area contributed by atoms with Crippen LogP contribution in [0.3, 0.4) is 0 Å². The van der Waals surface area contributed by atoms with E-state index < -0.39 is 12.4 Å². The maximum absolute atomic E-state index is 10.9. The van der Waals surface area contributed by atoms with Crippen molar-refractivity contribution in [3.05, 3.63) is 0 Å². The zero-order chi connectivity index (χ0) is 8.72. The Labute approximate surface area is 113 Å². The maximum atomic E-state index is 10.9. The molecule has 4 nitrogen and oxygen atoms in total. The van der Waals surface area contributed by atoms with Crippen molar-refractivity contribution in [2.75, 3.05) is 0 Å². The van der Waals surface area contributed by atoms with Gasteiger partial charge in [-0.1, -0.05) is 6.92 Å². The number of aliphatic hydroxyl groups is 1. The second-order valence-electron chi connectivity index (χ2n) is 3.30. The largest absolute Gasteiger partial charge is 0.457 e. The summed E-state index contributed by atoms with van der Waals surface area (Å²) in [7, 11) is 0. The molecule has 0 saturated carbocycles. The second kappa shape index (κ2) is 4.57. The van der Waals surface area contributed by atoms with Crippen LogP contribution >= 0.6 is 0 Å². The van der Waals surface area contributed by atoms with E-state index >= 15 is 0 Å². The van der Waals surface area contributed by atoms with Gasteiger partial charge >= 0.3 is 5.97 Å². The van der Waals surface area contributed by atoms with Gasteiger partial charge in [0.05, 0.1) is 12.5 Å². The molecule has 0 aromatic rings. The molecule has 1 radical (unpaired) electrons. The van der Waals surface area contributed by atoms with Gasteiger partial charge in [-0.15, -0.1) is 0 Å². The Hall–Kier alpha value is 0.832. The molecular formula is C8H12AcO4. The number of hydrogen-bond donors (Lipinski definition) is 1. The van der Waals surface area contributed by atoms with Crippen LogP contribution in [-0.4, -0.2) is 29.6 Å². The summed E-state index contributed by atoms with van der Waals surface area (Å²) in [4.78, 5) is 10.9. The van der Waals surface area contributed by atoms with Crippen molar-refractivity contribution in [3.63, 3.8) is 0 Å². The summed E-state index contributed by atoms with van der Waals surface area (Å²) in [5.74, 6) is -0.150. The van der Waals surface area contributed by atoms with Gasteiger partial charge in [0, 0.05) is 50.0 Å². The van der Waals surface area contributed by atoms with Gasteiger partial charge in [-0.25, -0.2) is 0 Å². The van der Waals surface area contributed by atoms with E-state index in [2.05, 4.69) is 0 Å². The van der Waals surface area contributed by atoms with E-state index in [1.54, 1.807) is 0 Å². The fraction of sp³-hybridized carbons (Fsp3) is 0.875. The first-order valence-electron chi connectivity index (χ1n) is 4.25. The van der Waals surface area contributed by atoms with Gasteiger partial charge in [-0.05, 0) is 6.42 Å². The van der Waals surface area contributed by atoms with Gasteiger partial charge in [0.25, 0.3) is 0 Å². The Morgan fingerprint density at radius 2 is 2.31 bits per heavy atom. The summed E-state index contributed by atoms with van der Waals surface area (Å²) in [5, 5.41) is 9.32. The summed E-state index contributed by atoms with van der Waals surface area (Å²) in [6.45, 7) is 1.97. The molecule has 0 spiro atoms. The summed E-state index contributed by atoms with van der Waals surface area (Å²) in [6.07, 6.45) is -0.139. The number of aliphatic hydroxyl groups excluding tert-OH is 1. The molecule has 0 aromatic heterocycles. The van der Waals surface area contributed by atoms with Gasteiger partial charge in [0.2, 0.25) is 0 Å². The minimum Gasteiger partial charge on any atom is -0.457 e. The number of rotatable bonds is 1. The zero-order valence-electron chi connectivity index (χ0n) is 7.47. The molecule has 0 amide bonds. The fourth-order valence-electron chi connectivity index (χ4n) is 1.96. The molecule has 1 N–H and O–H groups in total. The predicted molar refractivity (Wildman–Crippen MR) is 39.2 cm³/mol. The van der Waals surface area contributed by atoms with Crippen LogP contribution in [0.25, 0.3) is 0 Å². The molecule has 0 aromatic carbocycles. The zero-order valence-corrected chi connectivity index (χ0v) is 12.2. The standard InChI is InChI=1S/C8H12O4.Ac/c1-2-5-4-3-6(9)12-7(4)8(10)11-5;/h4-5,7-8,10H,2-3H2,1H3;/t4-,5-,7?,8?;/m1./s1. The molecule has 2 saturated heterocycles. The molecule has 2 unspecified atom stereocenters. The molecule has 0 bridgehead atoms. The van der Waals surface area contributed by atoms with Crippen LogP contribution in [0.2, 0.25) is 0 Å². The third-order valence-corrected chi connectivity index (χ3v) is 2.57. The Morgan fingerprint density at radius 1 is 1.62 bits per heavy atom. The molecule has 2 fully saturated rings. The number of carbonyl (C=O) groups excluding carboxylic acids is 1. The topological polar surface area (TPSA) is 55.8 Å². The average molecular weight is 399 g/mol. The van der Waals surface area contributed by atoms with Crippen LogP contribution in [0.1, 0.15) is 19.8 Å². The Balaban J connectivity index is 0.000000845. The molecule has 71 valence electrons. The smallest absolute Gasteiger partial charge is 0.306 e. The van der Waals surface area contributed by atoms with Crippen LogP contribution in [0.4, 0.5) is 0 Å². The van der Waals surface area contributed by atoms with E-state index in [0.717, 1.165) is 6.42 Å². The van der Waals surface area contributed by atoms with E-state index in [1.165, 1.54) is 0 Å². The normalized spacial score (nSPS) is 42.5.